The van der Waals surface area contributed by atoms with E-state index in [2.05, 4.69) is 22.3 Å². The number of rotatable bonds is 7. The Morgan fingerprint density at radius 1 is 1.21 bits per heavy atom. The van der Waals surface area contributed by atoms with Gasteiger partial charge in [-0.3, -0.25) is 14.3 Å². The molecule has 0 bridgehead atoms. The molecule has 2 heterocycles. The van der Waals surface area contributed by atoms with Crippen LogP contribution >= 0.6 is 24.0 Å². The van der Waals surface area contributed by atoms with Crippen LogP contribution in [-0.2, 0) is 27.1 Å². The summed E-state index contributed by atoms with van der Waals surface area (Å²) in [7, 11) is 3.23. The van der Waals surface area contributed by atoms with Crippen LogP contribution < -0.4 is 16.6 Å². The number of aromatic nitrogens is 2. The number of benzene rings is 1. The Morgan fingerprint density at radius 2 is 1.93 bits per heavy atom. The molecule has 8 heteroatoms. The van der Waals surface area contributed by atoms with E-state index < -0.39 is 0 Å². The second-order valence-corrected chi connectivity index (χ2v) is 7.70. The van der Waals surface area contributed by atoms with Crippen molar-refractivity contribution in [3.05, 3.63) is 67.4 Å². The van der Waals surface area contributed by atoms with Crippen molar-refractivity contribution in [2.45, 2.75) is 31.8 Å². The number of nitrogens with one attached hydrogen (secondary N) is 1. The highest BCUT2D eigenvalue weighted by atomic mass is 35.5. The van der Waals surface area contributed by atoms with Crippen LogP contribution in [0.4, 0.5) is 0 Å². The maximum atomic E-state index is 12.5. The fourth-order valence-corrected chi connectivity index (χ4v) is 3.82. The van der Waals surface area contributed by atoms with E-state index >= 15 is 0 Å². The second kappa shape index (κ2) is 10.3. The van der Waals surface area contributed by atoms with Crippen LogP contribution in [0.3, 0.4) is 0 Å². The molecule has 0 radical (unpaired) electrons. The number of nitrogens with zero attached hydrogens (tertiary/aromatic N) is 3. The molecule has 28 heavy (non-hydrogen) atoms. The van der Waals surface area contributed by atoms with Crippen LogP contribution in [0.15, 0.2) is 40.1 Å². The fraction of sp³-hybridized carbons (Fsp3) is 0.500. The lowest BCUT2D eigenvalue weighted by Gasteiger charge is -2.28. The topological polar surface area (TPSA) is 59.3 Å². The number of aryl methyl sites for hydroxylation is 2. The molecule has 2 aromatic rings. The summed E-state index contributed by atoms with van der Waals surface area (Å²) in [5, 5.41) is 4.16. The minimum absolute atomic E-state index is 0. The maximum Gasteiger partial charge on any atom is 0.330 e. The third kappa shape index (κ3) is 5.47. The van der Waals surface area contributed by atoms with Gasteiger partial charge in [0, 0.05) is 50.0 Å². The Labute approximate surface area is 176 Å². The van der Waals surface area contributed by atoms with E-state index in [-0.39, 0.29) is 23.7 Å². The van der Waals surface area contributed by atoms with E-state index in [1.54, 1.807) is 13.2 Å². The highest BCUT2D eigenvalue weighted by Gasteiger charge is 2.23. The van der Waals surface area contributed by atoms with Crippen molar-refractivity contribution in [3.63, 3.8) is 0 Å². The predicted octanol–water partition coefficient (Wildman–Crippen LogP) is 1.96. The Hall–Kier alpha value is -1.60. The van der Waals surface area contributed by atoms with Gasteiger partial charge in [-0.15, -0.1) is 12.4 Å². The van der Waals surface area contributed by atoms with E-state index in [1.165, 1.54) is 21.7 Å². The maximum absolute atomic E-state index is 12.5. The van der Waals surface area contributed by atoms with Crippen molar-refractivity contribution in [2.75, 3.05) is 19.6 Å². The molecular weight excluding hydrogens is 399 g/mol. The first-order valence-electron chi connectivity index (χ1n) is 9.40. The van der Waals surface area contributed by atoms with Crippen LogP contribution in [0.2, 0.25) is 5.02 Å². The molecule has 3 rings (SSSR count). The van der Waals surface area contributed by atoms with Gasteiger partial charge in [-0.1, -0.05) is 23.7 Å². The molecule has 1 atom stereocenters. The van der Waals surface area contributed by atoms with Crippen molar-refractivity contribution in [3.8, 4) is 0 Å². The molecule has 154 valence electrons. The highest BCUT2D eigenvalue weighted by Crippen LogP contribution is 2.15. The molecule has 6 nitrogen and oxygen atoms in total. The lowest BCUT2D eigenvalue weighted by molar-refractivity contribution is 0.195. The molecule has 0 aliphatic carbocycles. The zero-order valence-corrected chi connectivity index (χ0v) is 17.9. The molecule has 1 aromatic carbocycles. The summed E-state index contributed by atoms with van der Waals surface area (Å²) in [5.74, 6) is 0. The molecule has 1 N–H and O–H groups in total. The van der Waals surface area contributed by atoms with Crippen LogP contribution in [0, 0.1) is 0 Å². The summed E-state index contributed by atoms with van der Waals surface area (Å²) in [6, 6.07) is 8.38. The smallest absolute Gasteiger partial charge is 0.315 e. The van der Waals surface area contributed by atoms with E-state index in [0.717, 1.165) is 43.9 Å². The summed E-state index contributed by atoms with van der Waals surface area (Å²) in [4.78, 5) is 26.8. The van der Waals surface area contributed by atoms with Crippen molar-refractivity contribution < 1.29 is 0 Å². The van der Waals surface area contributed by atoms with Crippen molar-refractivity contribution in [2.24, 2.45) is 14.1 Å². The minimum atomic E-state index is -0.291. The van der Waals surface area contributed by atoms with Gasteiger partial charge in [0.2, 0.25) is 0 Å². The summed E-state index contributed by atoms with van der Waals surface area (Å²) in [6.07, 6.45) is 4.73. The van der Waals surface area contributed by atoms with E-state index in [1.807, 2.05) is 12.1 Å². The Kier molecular flexibility index (Phi) is 8.31. The van der Waals surface area contributed by atoms with E-state index in [0.29, 0.717) is 18.2 Å². The quantitative estimate of drug-likeness (QED) is 0.734. The van der Waals surface area contributed by atoms with Gasteiger partial charge < -0.3 is 9.88 Å². The largest absolute Gasteiger partial charge is 0.330 e. The summed E-state index contributed by atoms with van der Waals surface area (Å²) < 4.78 is 2.67. The Bertz CT molecular complexity index is 887. The van der Waals surface area contributed by atoms with Crippen molar-refractivity contribution in [1.29, 1.82) is 0 Å². The number of halogens is 2. The third-order valence-corrected chi connectivity index (χ3v) is 5.52. The van der Waals surface area contributed by atoms with Gasteiger partial charge in [0.25, 0.3) is 5.56 Å². The zero-order valence-electron chi connectivity index (χ0n) is 16.4. The Balaban J connectivity index is 0.00000280. The average molecular weight is 427 g/mol. The van der Waals surface area contributed by atoms with Gasteiger partial charge in [-0.25, -0.2) is 4.79 Å². The normalized spacial score (nSPS) is 16.4. The standard InChI is InChI=1S/C20H27ClN4O2.ClH/c1-23-13-16(19(26)24(2)20(23)27)14-25(18-9-10-22-12-18)11-3-4-15-5-7-17(21)8-6-15;/h5-8,13,18,22H,3-4,9-12,14H2,1-2H3;1H. The molecule has 1 fully saturated rings. The van der Waals surface area contributed by atoms with Crippen LogP contribution in [-0.4, -0.2) is 39.7 Å². The minimum Gasteiger partial charge on any atom is -0.315 e. The lowest BCUT2D eigenvalue weighted by atomic mass is 10.1. The molecule has 1 aliphatic heterocycles. The monoisotopic (exact) mass is 426 g/mol. The van der Waals surface area contributed by atoms with Crippen LogP contribution in [0.5, 0.6) is 0 Å². The molecule has 1 aliphatic rings. The van der Waals surface area contributed by atoms with Gasteiger partial charge in [-0.05, 0) is 50.0 Å². The molecule has 0 saturated carbocycles. The van der Waals surface area contributed by atoms with Gasteiger partial charge in [-0.2, -0.15) is 0 Å². The predicted molar refractivity (Wildman–Crippen MR) is 116 cm³/mol. The Morgan fingerprint density at radius 3 is 2.57 bits per heavy atom. The van der Waals surface area contributed by atoms with Gasteiger partial charge in [0.1, 0.15) is 0 Å². The van der Waals surface area contributed by atoms with Crippen molar-refractivity contribution >= 4 is 24.0 Å². The molecule has 1 saturated heterocycles. The SMILES string of the molecule is Cl.Cn1cc(CN(CCCc2ccc(Cl)cc2)C2CCNC2)c(=O)n(C)c1=O. The van der Waals surface area contributed by atoms with Crippen LogP contribution in [0.1, 0.15) is 24.0 Å². The zero-order chi connectivity index (χ0) is 19.4. The lowest BCUT2D eigenvalue weighted by Crippen LogP contribution is -2.43. The third-order valence-electron chi connectivity index (χ3n) is 5.27. The van der Waals surface area contributed by atoms with E-state index in [9.17, 15) is 9.59 Å². The fourth-order valence-electron chi connectivity index (χ4n) is 3.69. The first-order valence-corrected chi connectivity index (χ1v) is 9.78. The molecule has 1 aromatic heterocycles. The average Bonchev–Trinajstić information content (AvgIpc) is 3.19. The van der Waals surface area contributed by atoms with Crippen molar-refractivity contribution in [1.82, 2.24) is 19.4 Å². The van der Waals surface area contributed by atoms with Gasteiger partial charge >= 0.3 is 5.69 Å². The summed E-state index contributed by atoms with van der Waals surface area (Å²) >= 11 is 5.95. The molecular formula is C20H28Cl2N4O2. The highest BCUT2D eigenvalue weighted by molar-refractivity contribution is 6.30. The van der Waals surface area contributed by atoms with Crippen LogP contribution in [0.25, 0.3) is 0 Å². The van der Waals surface area contributed by atoms with Gasteiger partial charge in [0.15, 0.2) is 0 Å². The first kappa shape index (κ1) is 22.7. The molecule has 0 spiro atoms. The first-order chi connectivity index (χ1) is 13.0. The van der Waals surface area contributed by atoms with E-state index in [4.69, 9.17) is 11.6 Å². The van der Waals surface area contributed by atoms with Gasteiger partial charge in [0.05, 0.1) is 0 Å². The molecule has 0 amide bonds. The summed E-state index contributed by atoms with van der Waals surface area (Å²) in [6.45, 7) is 3.41. The number of hydrogen-bond acceptors (Lipinski definition) is 4. The molecule has 1 unspecified atom stereocenters. The second-order valence-electron chi connectivity index (χ2n) is 7.26. The summed E-state index contributed by atoms with van der Waals surface area (Å²) in [5.41, 5.74) is 1.44. The number of hydrogen-bond donors (Lipinski definition) is 1.